The molecule has 0 aliphatic heterocycles. The van der Waals surface area contributed by atoms with Crippen molar-refractivity contribution in [2.24, 2.45) is 0 Å². The van der Waals surface area contributed by atoms with E-state index in [1.165, 1.54) is 11.3 Å². The lowest BCUT2D eigenvalue weighted by Gasteiger charge is -2.14. The van der Waals surface area contributed by atoms with Crippen LogP contribution in [0.2, 0.25) is 0 Å². The first-order valence-corrected chi connectivity index (χ1v) is 7.05. The van der Waals surface area contributed by atoms with E-state index in [-0.39, 0.29) is 17.6 Å². The largest absolute Gasteiger partial charge is 0.508 e. The van der Waals surface area contributed by atoms with Crippen molar-refractivity contribution in [3.05, 3.63) is 45.6 Å². The Kier molecular flexibility index (Phi) is 3.90. The van der Waals surface area contributed by atoms with Crippen molar-refractivity contribution in [3.63, 3.8) is 0 Å². The van der Waals surface area contributed by atoms with Gasteiger partial charge in [-0.1, -0.05) is 19.9 Å². The van der Waals surface area contributed by atoms with Gasteiger partial charge in [-0.05, 0) is 47.5 Å². The van der Waals surface area contributed by atoms with Gasteiger partial charge in [-0.2, -0.15) is 0 Å². The van der Waals surface area contributed by atoms with Gasteiger partial charge in [0.05, 0.1) is 4.88 Å². The molecular weight excluding hydrogens is 258 g/mol. The van der Waals surface area contributed by atoms with Gasteiger partial charge in [0.25, 0.3) is 5.91 Å². The molecular formula is C15H17NO2S. The summed E-state index contributed by atoms with van der Waals surface area (Å²) in [6.07, 6.45) is 0. The Hall–Kier alpha value is -1.81. The molecule has 19 heavy (non-hydrogen) atoms. The molecule has 1 aromatic heterocycles. The van der Waals surface area contributed by atoms with Crippen LogP contribution in [-0.4, -0.2) is 11.0 Å². The van der Waals surface area contributed by atoms with E-state index in [1.54, 1.807) is 12.1 Å². The number of phenols is 1. The third-order valence-corrected chi connectivity index (χ3v) is 3.86. The average molecular weight is 275 g/mol. The number of hydrogen-bond donors (Lipinski definition) is 2. The number of phenolic OH excluding ortho intramolecular Hbond substituents is 1. The smallest absolute Gasteiger partial charge is 0.265 e. The second-order valence-corrected chi connectivity index (χ2v) is 5.76. The summed E-state index contributed by atoms with van der Waals surface area (Å²) in [4.78, 5) is 12.7. The number of benzene rings is 1. The Bertz CT molecular complexity index is 588. The lowest BCUT2D eigenvalue weighted by atomic mass is 9.99. The van der Waals surface area contributed by atoms with Crippen LogP contribution in [0.5, 0.6) is 5.75 Å². The molecule has 0 saturated heterocycles. The standard InChI is InChI=1S/C15H17NO2S/c1-9(2)11-8-12(10(3)7-13(11)17)16-15(18)14-5-4-6-19-14/h4-9,17H,1-3H3,(H,16,18). The first kappa shape index (κ1) is 13.6. The summed E-state index contributed by atoms with van der Waals surface area (Å²) in [6.45, 7) is 5.89. The van der Waals surface area contributed by atoms with Crippen molar-refractivity contribution < 1.29 is 9.90 Å². The maximum Gasteiger partial charge on any atom is 0.265 e. The number of anilines is 1. The van der Waals surface area contributed by atoms with Gasteiger partial charge in [0.2, 0.25) is 0 Å². The van der Waals surface area contributed by atoms with Crippen LogP contribution in [-0.2, 0) is 0 Å². The number of carbonyl (C=O) groups is 1. The fourth-order valence-corrected chi connectivity index (χ4v) is 2.52. The molecule has 0 aliphatic rings. The van der Waals surface area contributed by atoms with Crippen molar-refractivity contribution in [3.8, 4) is 5.75 Å². The maximum atomic E-state index is 12.0. The Morgan fingerprint density at radius 3 is 2.68 bits per heavy atom. The third-order valence-electron chi connectivity index (χ3n) is 2.99. The highest BCUT2D eigenvalue weighted by atomic mass is 32.1. The molecule has 1 amide bonds. The first-order valence-electron chi connectivity index (χ1n) is 6.17. The summed E-state index contributed by atoms with van der Waals surface area (Å²) in [6, 6.07) is 7.18. The van der Waals surface area contributed by atoms with Crippen LogP contribution in [0.4, 0.5) is 5.69 Å². The van der Waals surface area contributed by atoms with Gasteiger partial charge in [0, 0.05) is 5.69 Å². The monoisotopic (exact) mass is 275 g/mol. The van der Waals surface area contributed by atoms with Crippen molar-refractivity contribution in [1.29, 1.82) is 0 Å². The van der Waals surface area contributed by atoms with E-state index in [1.807, 2.05) is 38.3 Å². The molecule has 2 rings (SSSR count). The van der Waals surface area contributed by atoms with E-state index in [9.17, 15) is 9.90 Å². The summed E-state index contributed by atoms with van der Waals surface area (Å²) in [5, 5.41) is 14.7. The number of hydrogen-bond acceptors (Lipinski definition) is 3. The van der Waals surface area contributed by atoms with Crippen LogP contribution < -0.4 is 5.32 Å². The first-order chi connectivity index (χ1) is 8.99. The highest BCUT2D eigenvalue weighted by Crippen LogP contribution is 2.31. The van der Waals surface area contributed by atoms with Crippen molar-refractivity contribution in [2.45, 2.75) is 26.7 Å². The molecule has 100 valence electrons. The average Bonchev–Trinajstić information content (AvgIpc) is 2.85. The van der Waals surface area contributed by atoms with E-state index in [0.29, 0.717) is 4.88 Å². The topological polar surface area (TPSA) is 49.3 Å². The minimum Gasteiger partial charge on any atom is -0.508 e. The van der Waals surface area contributed by atoms with Crippen LogP contribution in [0.15, 0.2) is 29.6 Å². The predicted octanol–water partition coefficient (Wildman–Crippen LogP) is 4.14. The summed E-state index contributed by atoms with van der Waals surface area (Å²) in [5.41, 5.74) is 2.44. The Morgan fingerprint density at radius 1 is 1.37 bits per heavy atom. The van der Waals surface area contributed by atoms with Gasteiger partial charge in [-0.15, -0.1) is 11.3 Å². The molecule has 2 N–H and O–H groups in total. The van der Waals surface area contributed by atoms with Crippen LogP contribution >= 0.6 is 11.3 Å². The number of rotatable bonds is 3. The van der Waals surface area contributed by atoms with Crippen LogP contribution in [0.1, 0.15) is 40.6 Å². The minimum atomic E-state index is -0.113. The van der Waals surface area contributed by atoms with Gasteiger partial charge in [0.15, 0.2) is 0 Å². The van der Waals surface area contributed by atoms with Crippen molar-refractivity contribution in [2.75, 3.05) is 5.32 Å². The number of carbonyl (C=O) groups excluding carboxylic acids is 1. The number of aromatic hydroxyl groups is 1. The zero-order valence-electron chi connectivity index (χ0n) is 11.2. The van der Waals surface area contributed by atoms with Gasteiger partial charge in [-0.3, -0.25) is 4.79 Å². The molecule has 0 atom stereocenters. The van der Waals surface area contributed by atoms with Gasteiger partial charge in [-0.25, -0.2) is 0 Å². The van der Waals surface area contributed by atoms with E-state index < -0.39 is 0 Å². The highest BCUT2D eigenvalue weighted by molar-refractivity contribution is 7.12. The molecule has 0 spiro atoms. The third kappa shape index (κ3) is 2.96. The lowest BCUT2D eigenvalue weighted by molar-refractivity contribution is 0.103. The summed E-state index contributed by atoms with van der Waals surface area (Å²) in [5.74, 6) is 0.373. The molecule has 0 unspecified atom stereocenters. The van der Waals surface area contributed by atoms with E-state index in [0.717, 1.165) is 16.8 Å². The number of aryl methyl sites for hydroxylation is 1. The molecule has 2 aromatic rings. The van der Waals surface area contributed by atoms with Crippen LogP contribution in [0, 0.1) is 6.92 Å². The zero-order chi connectivity index (χ0) is 14.0. The molecule has 0 aliphatic carbocycles. The second-order valence-electron chi connectivity index (χ2n) is 4.81. The van der Waals surface area contributed by atoms with Gasteiger partial charge < -0.3 is 10.4 Å². The van der Waals surface area contributed by atoms with Crippen LogP contribution in [0.3, 0.4) is 0 Å². The number of nitrogens with one attached hydrogen (secondary N) is 1. The lowest BCUT2D eigenvalue weighted by Crippen LogP contribution is -2.11. The predicted molar refractivity (Wildman–Crippen MR) is 79.2 cm³/mol. The minimum absolute atomic E-state index is 0.113. The van der Waals surface area contributed by atoms with E-state index in [2.05, 4.69) is 5.32 Å². The molecule has 1 heterocycles. The fraction of sp³-hybridized carbons (Fsp3) is 0.267. The molecule has 0 bridgehead atoms. The SMILES string of the molecule is Cc1cc(O)c(C(C)C)cc1NC(=O)c1cccs1. The molecule has 3 nitrogen and oxygen atoms in total. The maximum absolute atomic E-state index is 12.0. The molecule has 0 fully saturated rings. The quantitative estimate of drug-likeness (QED) is 0.827. The van der Waals surface area contributed by atoms with E-state index >= 15 is 0 Å². The molecule has 0 saturated carbocycles. The van der Waals surface area contributed by atoms with E-state index in [4.69, 9.17) is 0 Å². The fourth-order valence-electron chi connectivity index (χ4n) is 1.90. The summed E-state index contributed by atoms with van der Waals surface area (Å²) >= 11 is 1.41. The van der Waals surface area contributed by atoms with Gasteiger partial charge >= 0.3 is 0 Å². The van der Waals surface area contributed by atoms with Crippen molar-refractivity contribution >= 4 is 22.9 Å². The summed E-state index contributed by atoms with van der Waals surface area (Å²) < 4.78 is 0. The van der Waals surface area contributed by atoms with Crippen LogP contribution in [0.25, 0.3) is 0 Å². The number of thiophene rings is 1. The number of amides is 1. The normalized spacial score (nSPS) is 10.7. The highest BCUT2D eigenvalue weighted by Gasteiger charge is 2.13. The molecule has 1 aromatic carbocycles. The Labute approximate surface area is 116 Å². The molecule has 4 heteroatoms. The zero-order valence-corrected chi connectivity index (χ0v) is 12.0. The Morgan fingerprint density at radius 2 is 2.11 bits per heavy atom. The van der Waals surface area contributed by atoms with Gasteiger partial charge in [0.1, 0.15) is 5.75 Å². The Balaban J connectivity index is 2.30. The van der Waals surface area contributed by atoms with Crippen molar-refractivity contribution in [1.82, 2.24) is 0 Å². The second kappa shape index (κ2) is 5.45. The molecule has 0 radical (unpaired) electrons. The summed E-state index contributed by atoms with van der Waals surface area (Å²) in [7, 11) is 0.